The summed E-state index contributed by atoms with van der Waals surface area (Å²) in [5, 5.41) is 5.88. The van der Waals surface area contributed by atoms with Crippen LogP contribution in [0, 0.1) is 5.92 Å². The average molecular weight is 307 g/mol. The van der Waals surface area contributed by atoms with Crippen molar-refractivity contribution in [2.75, 3.05) is 5.32 Å². The second kappa shape index (κ2) is 5.70. The molecular formula is C15H19BrN2. The summed E-state index contributed by atoms with van der Waals surface area (Å²) >= 11 is 3.58. The maximum atomic E-state index is 4.46. The van der Waals surface area contributed by atoms with Crippen LogP contribution in [0.15, 0.2) is 34.9 Å². The summed E-state index contributed by atoms with van der Waals surface area (Å²) in [6.45, 7) is 6.69. The van der Waals surface area contributed by atoms with Crippen molar-refractivity contribution in [1.29, 1.82) is 0 Å². The fourth-order valence-electron chi connectivity index (χ4n) is 2.28. The highest BCUT2D eigenvalue weighted by Gasteiger charge is 2.09. The number of anilines is 1. The average Bonchev–Trinajstić information content (AvgIpc) is 2.29. The Morgan fingerprint density at radius 3 is 2.67 bits per heavy atom. The van der Waals surface area contributed by atoms with E-state index in [9.17, 15) is 0 Å². The Morgan fingerprint density at radius 1 is 1.17 bits per heavy atom. The van der Waals surface area contributed by atoms with Gasteiger partial charge in [-0.25, -0.2) is 4.98 Å². The van der Waals surface area contributed by atoms with E-state index in [1.54, 1.807) is 0 Å². The SMILES string of the molecule is CC(C)CC(C)Nc1nccc2c(Br)cccc12. The smallest absolute Gasteiger partial charge is 0.134 e. The predicted octanol–water partition coefficient (Wildman–Crippen LogP) is 4.84. The van der Waals surface area contributed by atoms with Crippen molar-refractivity contribution in [3.05, 3.63) is 34.9 Å². The van der Waals surface area contributed by atoms with Gasteiger partial charge in [-0.15, -0.1) is 0 Å². The molecular weight excluding hydrogens is 288 g/mol. The van der Waals surface area contributed by atoms with Crippen molar-refractivity contribution in [1.82, 2.24) is 4.98 Å². The van der Waals surface area contributed by atoms with Gasteiger partial charge in [0, 0.05) is 27.5 Å². The summed E-state index contributed by atoms with van der Waals surface area (Å²) in [5.41, 5.74) is 0. The van der Waals surface area contributed by atoms with E-state index in [0.29, 0.717) is 12.0 Å². The number of halogens is 1. The molecule has 1 unspecified atom stereocenters. The summed E-state index contributed by atoms with van der Waals surface area (Å²) in [6.07, 6.45) is 3.00. The van der Waals surface area contributed by atoms with Crippen molar-refractivity contribution < 1.29 is 0 Å². The third-order valence-electron chi connectivity index (χ3n) is 2.96. The first-order valence-corrected chi connectivity index (χ1v) is 7.17. The summed E-state index contributed by atoms with van der Waals surface area (Å²) < 4.78 is 1.11. The van der Waals surface area contributed by atoms with E-state index in [1.807, 2.05) is 18.3 Å². The van der Waals surface area contributed by atoms with E-state index >= 15 is 0 Å². The third-order valence-corrected chi connectivity index (χ3v) is 3.65. The van der Waals surface area contributed by atoms with Gasteiger partial charge >= 0.3 is 0 Å². The highest BCUT2D eigenvalue weighted by atomic mass is 79.9. The highest BCUT2D eigenvalue weighted by molar-refractivity contribution is 9.10. The Kier molecular flexibility index (Phi) is 4.23. The van der Waals surface area contributed by atoms with Gasteiger partial charge in [0.15, 0.2) is 0 Å². The molecule has 0 aliphatic rings. The number of aromatic nitrogens is 1. The minimum atomic E-state index is 0.432. The van der Waals surface area contributed by atoms with Gasteiger partial charge < -0.3 is 5.32 Å². The lowest BCUT2D eigenvalue weighted by atomic mass is 10.0. The van der Waals surface area contributed by atoms with E-state index in [0.717, 1.165) is 16.7 Å². The highest BCUT2D eigenvalue weighted by Crippen LogP contribution is 2.28. The number of benzene rings is 1. The molecule has 0 radical (unpaired) electrons. The molecule has 0 aliphatic heterocycles. The van der Waals surface area contributed by atoms with Crippen LogP contribution in [0.3, 0.4) is 0 Å². The van der Waals surface area contributed by atoms with Crippen LogP contribution in [0.2, 0.25) is 0 Å². The first-order chi connectivity index (χ1) is 8.58. The molecule has 1 atom stereocenters. The van der Waals surface area contributed by atoms with Crippen LogP contribution in [-0.4, -0.2) is 11.0 Å². The number of nitrogens with one attached hydrogen (secondary N) is 1. The van der Waals surface area contributed by atoms with Gasteiger partial charge in [0.25, 0.3) is 0 Å². The van der Waals surface area contributed by atoms with E-state index < -0.39 is 0 Å². The number of rotatable bonds is 4. The van der Waals surface area contributed by atoms with E-state index in [4.69, 9.17) is 0 Å². The summed E-state index contributed by atoms with van der Waals surface area (Å²) in [4.78, 5) is 4.46. The zero-order valence-corrected chi connectivity index (χ0v) is 12.7. The molecule has 1 heterocycles. The van der Waals surface area contributed by atoms with Gasteiger partial charge in [-0.3, -0.25) is 0 Å². The zero-order chi connectivity index (χ0) is 13.1. The number of hydrogen-bond acceptors (Lipinski definition) is 2. The van der Waals surface area contributed by atoms with Gasteiger partial charge in [0.05, 0.1) is 0 Å². The molecule has 2 rings (SSSR count). The molecule has 2 nitrogen and oxygen atoms in total. The van der Waals surface area contributed by atoms with E-state index in [1.165, 1.54) is 10.8 Å². The molecule has 3 heteroatoms. The Hall–Kier alpha value is -1.09. The Balaban J connectivity index is 2.31. The van der Waals surface area contributed by atoms with Gasteiger partial charge in [0.2, 0.25) is 0 Å². The largest absolute Gasteiger partial charge is 0.367 e. The van der Waals surface area contributed by atoms with Crippen molar-refractivity contribution in [3.8, 4) is 0 Å². The number of fused-ring (bicyclic) bond motifs is 1. The maximum absolute atomic E-state index is 4.46. The van der Waals surface area contributed by atoms with Crippen molar-refractivity contribution >= 4 is 32.5 Å². The first kappa shape index (κ1) is 13.3. The van der Waals surface area contributed by atoms with Crippen LogP contribution in [-0.2, 0) is 0 Å². The molecule has 0 saturated carbocycles. The Labute approximate surface area is 117 Å². The summed E-state index contributed by atoms with van der Waals surface area (Å²) in [6, 6.07) is 8.69. The molecule has 2 aromatic rings. The third kappa shape index (κ3) is 3.02. The molecule has 0 amide bonds. The molecule has 0 aliphatic carbocycles. The van der Waals surface area contributed by atoms with Crippen LogP contribution < -0.4 is 5.32 Å². The predicted molar refractivity (Wildman–Crippen MR) is 82.0 cm³/mol. The second-order valence-corrected chi connectivity index (χ2v) is 6.02. The quantitative estimate of drug-likeness (QED) is 0.874. The van der Waals surface area contributed by atoms with Gasteiger partial charge in [-0.2, -0.15) is 0 Å². The number of hydrogen-bond donors (Lipinski definition) is 1. The lowest BCUT2D eigenvalue weighted by Gasteiger charge is -2.17. The topological polar surface area (TPSA) is 24.9 Å². The maximum Gasteiger partial charge on any atom is 0.134 e. The standard InChI is InChI=1S/C15H19BrN2/c1-10(2)9-11(3)18-15-13-5-4-6-14(16)12(13)7-8-17-15/h4-8,10-11H,9H2,1-3H3,(H,17,18). The molecule has 1 aromatic carbocycles. The monoisotopic (exact) mass is 306 g/mol. The molecule has 0 spiro atoms. The molecule has 0 fully saturated rings. The molecule has 96 valence electrons. The Morgan fingerprint density at radius 2 is 1.94 bits per heavy atom. The van der Waals surface area contributed by atoms with E-state index in [2.05, 4.69) is 59.1 Å². The molecule has 0 bridgehead atoms. The minimum Gasteiger partial charge on any atom is -0.367 e. The number of pyridine rings is 1. The molecule has 1 N–H and O–H groups in total. The van der Waals surface area contributed by atoms with Crippen molar-refractivity contribution in [3.63, 3.8) is 0 Å². The summed E-state index contributed by atoms with van der Waals surface area (Å²) in [5.74, 6) is 1.66. The fourth-order valence-corrected chi connectivity index (χ4v) is 2.78. The lowest BCUT2D eigenvalue weighted by molar-refractivity contribution is 0.539. The molecule has 1 aromatic heterocycles. The summed E-state index contributed by atoms with van der Waals surface area (Å²) in [7, 11) is 0. The van der Waals surface area contributed by atoms with Crippen LogP contribution in [0.1, 0.15) is 27.2 Å². The van der Waals surface area contributed by atoms with E-state index in [-0.39, 0.29) is 0 Å². The van der Waals surface area contributed by atoms with Crippen molar-refractivity contribution in [2.45, 2.75) is 33.2 Å². The van der Waals surface area contributed by atoms with Crippen molar-refractivity contribution in [2.24, 2.45) is 5.92 Å². The zero-order valence-electron chi connectivity index (χ0n) is 11.1. The molecule has 0 saturated heterocycles. The lowest BCUT2D eigenvalue weighted by Crippen LogP contribution is -2.18. The fraction of sp³-hybridized carbons (Fsp3) is 0.400. The minimum absolute atomic E-state index is 0.432. The van der Waals surface area contributed by atoms with Crippen LogP contribution in [0.5, 0.6) is 0 Å². The normalized spacial score (nSPS) is 12.9. The molecule has 18 heavy (non-hydrogen) atoms. The van der Waals surface area contributed by atoms with Crippen LogP contribution in [0.4, 0.5) is 5.82 Å². The second-order valence-electron chi connectivity index (χ2n) is 5.17. The van der Waals surface area contributed by atoms with Gasteiger partial charge in [0.1, 0.15) is 5.82 Å². The van der Waals surface area contributed by atoms with Crippen LogP contribution >= 0.6 is 15.9 Å². The van der Waals surface area contributed by atoms with Crippen LogP contribution in [0.25, 0.3) is 10.8 Å². The van der Waals surface area contributed by atoms with Gasteiger partial charge in [-0.1, -0.05) is 41.9 Å². The van der Waals surface area contributed by atoms with Gasteiger partial charge in [-0.05, 0) is 31.4 Å². The first-order valence-electron chi connectivity index (χ1n) is 6.37. The number of nitrogens with zero attached hydrogens (tertiary/aromatic N) is 1. The Bertz CT molecular complexity index is 537.